The molecule has 0 unspecified atom stereocenters. The number of hydrogen-bond donors (Lipinski definition) is 2. The first-order chi connectivity index (χ1) is 16.7. The second-order valence-electron chi connectivity index (χ2n) is 7.07. The molecule has 0 atom stereocenters. The fourth-order valence-electron chi connectivity index (χ4n) is 2.85. The smallest absolute Gasteiger partial charge is 0.329 e. The van der Waals surface area contributed by atoms with Crippen molar-refractivity contribution in [2.75, 3.05) is 12.4 Å². The van der Waals surface area contributed by atoms with Gasteiger partial charge in [-0.15, -0.1) is 0 Å². The van der Waals surface area contributed by atoms with Gasteiger partial charge in [0.2, 0.25) is 0 Å². The number of benzene rings is 3. The summed E-state index contributed by atoms with van der Waals surface area (Å²) in [5.74, 6) is -1.75. The van der Waals surface area contributed by atoms with E-state index < -0.39 is 17.6 Å². The molecule has 0 bridgehead atoms. The second-order valence-corrected chi connectivity index (χ2v) is 8.32. The highest BCUT2D eigenvalue weighted by molar-refractivity contribution is 6.42. The van der Waals surface area contributed by atoms with E-state index in [0.717, 1.165) is 0 Å². The van der Waals surface area contributed by atoms with Gasteiger partial charge in [-0.2, -0.15) is 5.10 Å². The molecule has 35 heavy (non-hydrogen) atoms. The summed E-state index contributed by atoms with van der Waals surface area (Å²) in [6.45, 7) is 1.52. The van der Waals surface area contributed by atoms with E-state index in [0.29, 0.717) is 27.8 Å². The highest BCUT2D eigenvalue weighted by atomic mass is 35.5. The molecule has 0 aliphatic heterocycles. The third kappa shape index (κ3) is 6.85. The molecule has 0 spiro atoms. The van der Waals surface area contributed by atoms with Gasteiger partial charge >= 0.3 is 11.8 Å². The Hall–Kier alpha value is -3.33. The number of carbonyl (C=O) groups is 2. The first-order valence-electron chi connectivity index (χ1n) is 10.0. The normalized spacial score (nSPS) is 11.1. The molecule has 7 nitrogen and oxygen atoms in total. The molecule has 182 valence electrons. The Balaban J connectivity index is 1.66. The summed E-state index contributed by atoms with van der Waals surface area (Å²) in [6, 6.07) is 13.7. The first kappa shape index (κ1) is 26.3. The van der Waals surface area contributed by atoms with Crippen LogP contribution in [0.1, 0.15) is 18.1 Å². The largest absolute Gasteiger partial charge is 0.493 e. The van der Waals surface area contributed by atoms with E-state index in [1.165, 1.54) is 31.4 Å². The Kier molecular flexibility index (Phi) is 8.92. The Morgan fingerprint density at radius 1 is 0.971 bits per heavy atom. The molecule has 0 aromatic heterocycles. The van der Waals surface area contributed by atoms with Gasteiger partial charge in [0.25, 0.3) is 0 Å². The summed E-state index contributed by atoms with van der Waals surface area (Å²) >= 11 is 17.9. The minimum absolute atomic E-state index is 0.101. The highest BCUT2D eigenvalue weighted by Gasteiger charge is 2.16. The molecule has 3 aromatic rings. The number of nitrogens with zero attached hydrogens (tertiary/aromatic N) is 1. The SMILES string of the molecule is COc1cc(/C(C)=N/NC(=O)C(=O)Nc2cc(Cl)ccc2Cl)ccc1OCc1c(F)cccc1Cl. The van der Waals surface area contributed by atoms with Gasteiger partial charge in [0.1, 0.15) is 12.4 Å². The maximum absolute atomic E-state index is 14.0. The Morgan fingerprint density at radius 2 is 1.74 bits per heavy atom. The number of nitrogens with one attached hydrogen (secondary N) is 2. The molecule has 2 N–H and O–H groups in total. The van der Waals surface area contributed by atoms with Crippen LogP contribution in [0, 0.1) is 5.82 Å². The van der Waals surface area contributed by atoms with E-state index in [1.807, 2.05) is 0 Å². The number of carbonyl (C=O) groups excluding carboxylic acids is 2. The molecule has 2 amide bonds. The number of hydrazone groups is 1. The molecule has 3 aromatic carbocycles. The highest BCUT2D eigenvalue weighted by Crippen LogP contribution is 2.30. The molecule has 11 heteroatoms. The lowest BCUT2D eigenvalue weighted by Crippen LogP contribution is -2.33. The van der Waals surface area contributed by atoms with Crippen LogP contribution in [0.25, 0.3) is 0 Å². The minimum atomic E-state index is -1.01. The summed E-state index contributed by atoms with van der Waals surface area (Å²) in [4.78, 5) is 24.3. The Labute approximate surface area is 215 Å². The molecule has 0 saturated carbocycles. The van der Waals surface area contributed by atoms with Crippen LogP contribution < -0.4 is 20.2 Å². The predicted octanol–water partition coefficient (Wildman–Crippen LogP) is 5.85. The number of amides is 2. The Bertz CT molecular complexity index is 1280. The summed E-state index contributed by atoms with van der Waals surface area (Å²) in [7, 11) is 1.45. The van der Waals surface area contributed by atoms with Crippen LogP contribution in [0.15, 0.2) is 59.7 Å². The van der Waals surface area contributed by atoms with Crippen molar-refractivity contribution in [3.05, 3.63) is 86.6 Å². The number of hydrogen-bond acceptors (Lipinski definition) is 5. The van der Waals surface area contributed by atoms with E-state index in [1.54, 1.807) is 37.3 Å². The van der Waals surface area contributed by atoms with E-state index >= 15 is 0 Å². The lowest BCUT2D eigenvalue weighted by atomic mass is 10.1. The summed E-state index contributed by atoms with van der Waals surface area (Å²) in [5.41, 5.74) is 3.55. The van der Waals surface area contributed by atoms with E-state index in [4.69, 9.17) is 44.3 Å². The van der Waals surface area contributed by atoms with Crippen molar-refractivity contribution in [1.82, 2.24) is 5.43 Å². The van der Waals surface area contributed by atoms with Gasteiger partial charge in [-0.1, -0.05) is 40.9 Å². The zero-order valence-electron chi connectivity index (χ0n) is 18.5. The van der Waals surface area contributed by atoms with E-state index in [2.05, 4.69) is 15.8 Å². The minimum Gasteiger partial charge on any atom is -0.493 e. The quantitative estimate of drug-likeness (QED) is 0.224. The van der Waals surface area contributed by atoms with Crippen molar-refractivity contribution < 1.29 is 23.5 Å². The molecule has 3 rings (SSSR count). The molecule has 0 radical (unpaired) electrons. The zero-order valence-corrected chi connectivity index (χ0v) is 20.8. The molecule has 0 heterocycles. The van der Waals surface area contributed by atoms with Gasteiger partial charge in [0.05, 0.1) is 28.6 Å². The molecule has 0 fully saturated rings. The fraction of sp³-hybridized carbons (Fsp3) is 0.125. The van der Waals surface area contributed by atoms with Crippen molar-refractivity contribution in [2.24, 2.45) is 5.10 Å². The number of halogens is 4. The predicted molar refractivity (Wildman–Crippen MR) is 134 cm³/mol. The standard InChI is InChI=1S/C24H19Cl3FN3O4/c1-13(30-31-24(33)23(32)29-20-11-15(25)7-8-18(20)27)14-6-9-21(22(10-14)34-2)35-12-16-17(26)4-3-5-19(16)28/h3-11H,12H2,1-2H3,(H,29,32)(H,31,33)/b30-13+. The van der Waals surface area contributed by atoms with Gasteiger partial charge in [-0.25, -0.2) is 9.82 Å². The third-order valence-corrected chi connectivity index (χ3v) is 5.64. The fourth-order valence-corrected chi connectivity index (χ4v) is 3.41. The van der Waals surface area contributed by atoms with Gasteiger partial charge in [-0.05, 0) is 55.5 Å². The number of methoxy groups -OCH3 is 1. The molecule has 0 aliphatic carbocycles. The first-order valence-corrected chi connectivity index (χ1v) is 11.2. The Morgan fingerprint density at radius 3 is 2.46 bits per heavy atom. The van der Waals surface area contributed by atoms with Crippen LogP contribution in [0.2, 0.25) is 15.1 Å². The average Bonchev–Trinajstić information content (AvgIpc) is 2.84. The third-order valence-electron chi connectivity index (χ3n) is 4.72. The summed E-state index contributed by atoms with van der Waals surface area (Å²) < 4.78 is 25.0. The van der Waals surface area contributed by atoms with Crippen LogP contribution in [-0.4, -0.2) is 24.6 Å². The van der Waals surface area contributed by atoms with Crippen LogP contribution in [0.3, 0.4) is 0 Å². The number of anilines is 1. The number of ether oxygens (including phenoxy) is 2. The molecular formula is C24H19Cl3FN3O4. The summed E-state index contributed by atoms with van der Waals surface area (Å²) in [6.07, 6.45) is 0. The van der Waals surface area contributed by atoms with E-state index in [9.17, 15) is 14.0 Å². The zero-order chi connectivity index (χ0) is 25.5. The van der Waals surface area contributed by atoms with Gasteiger partial charge in [0, 0.05) is 16.1 Å². The van der Waals surface area contributed by atoms with Gasteiger partial charge in [0.15, 0.2) is 11.5 Å². The van der Waals surface area contributed by atoms with Crippen LogP contribution >= 0.6 is 34.8 Å². The van der Waals surface area contributed by atoms with Crippen molar-refractivity contribution in [1.29, 1.82) is 0 Å². The lowest BCUT2D eigenvalue weighted by Gasteiger charge is -2.13. The van der Waals surface area contributed by atoms with Crippen molar-refractivity contribution >= 4 is 58.0 Å². The van der Waals surface area contributed by atoms with E-state index in [-0.39, 0.29) is 27.9 Å². The maximum Gasteiger partial charge on any atom is 0.329 e. The van der Waals surface area contributed by atoms with Crippen molar-refractivity contribution in [3.8, 4) is 11.5 Å². The van der Waals surface area contributed by atoms with Crippen LogP contribution in [0.5, 0.6) is 11.5 Å². The van der Waals surface area contributed by atoms with Crippen LogP contribution in [0.4, 0.5) is 10.1 Å². The van der Waals surface area contributed by atoms with Gasteiger partial charge < -0.3 is 14.8 Å². The lowest BCUT2D eigenvalue weighted by molar-refractivity contribution is -0.136. The summed E-state index contributed by atoms with van der Waals surface area (Å²) in [5, 5.41) is 7.14. The molecular weight excluding hydrogens is 520 g/mol. The van der Waals surface area contributed by atoms with Crippen molar-refractivity contribution in [3.63, 3.8) is 0 Å². The maximum atomic E-state index is 14.0. The number of rotatable bonds is 7. The average molecular weight is 539 g/mol. The van der Waals surface area contributed by atoms with Gasteiger partial charge in [-0.3, -0.25) is 9.59 Å². The second kappa shape index (κ2) is 11.9. The topological polar surface area (TPSA) is 89.0 Å². The molecule has 0 saturated heterocycles. The monoisotopic (exact) mass is 537 g/mol. The van der Waals surface area contributed by atoms with Crippen molar-refractivity contribution in [2.45, 2.75) is 13.5 Å². The molecule has 0 aliphatic rings. The van der Waals surface area contributed by atoms with Crippen LogP contribution in [-0.2, 0) is 16.2 Å².